The molecule has 0 amide bonds. The Morgan fingerprint density at radius 3 is 2.60 bits per heavy atom. The Hall–Kier alpha value is -2.26. The topological polar surface area (TPSA) is 46.0 Å². The molecule has 1 atom stereocenters. The Morgan fingerprint density at radius 1 is 0.950 bits per heavy atom. The largest absolute Gasteiger partial charge is 0.384 e. The van der Waals surface area contributed by atoms with Gasteiger partial charge in [-0.1, -0.05) is 35.9 Å². The standard InChI is InChI=1S/C17H16N2O/c1-11-6-7-12(2)14(10-11)17(20)13-4-3-5-15-16(13)19-9-8-18-15/h3-10,17,20H,1-2H3. The van der Waals surface area contributed by atoms with Gasteiger partial charge in [0, 0.05) is 18.0 Å². The Balaban J connectivity index is 2.17. The van der Waals surface area contributed by atoms with Crippen molar-refractivity contribution in [3.8, 4) is 0 Å². The van der Waals surface area contributed by atoms with Gasteiger partial charge in [-0.3, -0.25) is 9.97 Å². The molecular formula is C17H16N2O. The molecular weight excluding hydrogens is 248 g/mol. The number of rotatable bonds is 2. The first-order chi connectivity index (χ1) is 9.66. The van der Waals surface area contributed by atoms with Crippen LogP contribution >= 0.6 is 0 Å². The van der Waals surface area contributed by atoms with Crippen LogP contribution in [0.3, 0.4) is 0 Å². The minimum absolute atomic E-state index is 0.685. The van der Waals surface area contributed by atoms with Crippen molar-refractivity contribution in [2.45, 2.75) is 20.0 Å². The molecule has 0 saturated carbocycles. The molecule has 0 radical (unpaired) electrons. The minimum Gasteiger partial charge on any atom is -0.384 e. The van der Waals surface area contributed by atoms with E-state index in [2.05, 4.69) is 16.0 Å². The van der Waals surface area contributed by atoms with E-state index in [0.717, 1.165) is 33.3 Å². The molecule has 100 valence electrons. The number of nitrogens with zero attached hydrogens (tertiary/aromatic N) is 2. The number of aliphatic hydroxyl groups excluding tert-OH is 1. The third-order valence-electron chi connectivity index (χ3n) is 3.55. The van der Waals surface area contributed by atoms with Gasteiger partial charge in [0.05, 0.1) is 11.0 Å². The van der Waals surface area contributed by atoms with Gasteiger partial charge >= 0.3 is 0 Å². The van der Waals surface area contributed by atoms with Crippen LogP contribution in [0.25, 0.3) is 11.0 Å². The quantitative estimate of drug-likeness (QED) is 0.772. The monoisotopic (exact) mass is 264 g/mol. The van der Waals surface area contributed by atoms with Gasteiger partial charge in [-0.25, -0.2) is 0 Å². The summed E-state index contributed by atoms with van der Waals surface area (Å²) < 4.78 is 0. The lowest BCUT2D eigenvalue weighted by atomic mass is 9.95. The Bertz CT molecular complexity index is 763. The zero-order valence-corrected chi connectivity index (χ0v) is 11.5. The summed E-state index contributed by atoms with van der Waals surface area (Å²) >= 11 is 0. The smallest absolute Gasteiger partial charge is 0.106 e. The van der Waals surface area contributed by atoms with E-state index in [1.54, 1.807) is 12.4 Å². The van der Waals surface area contributed by atoms with Gasteiger partial charge < -0.3 is 5.11 Å². The summed E-state index contributed by atoms with van der Waals surface area (Å²) in [7, 11) is 0. The number of aryl methyl sites for hydroxylation is 2. The number of hydrogen-bond acceptors (Lipinski definition) is 3. The van der Waals surface area contributed by atoms with Crippen molar-refractivity contribution in [3.63, 3.8) is 0 Å². The van der Waals surface area contributed by atoms with Gasteiger partial charge in [-0.15, -0.1) is 0 Å². The molecule has 3 nitrogen and oxygen atoms in total. The van der Waals surface area contributed by atoms with Gasteiger partial charge in [-0.2, -0.15) is 0 Å². The maximum absolute atomic E-state index is 10.7. The lowest BCUT2D eigenvalue weighted by molar-refractivity contribution is 0.221. The molecule has 1 heterocycles. The molecule has 0 aliphatic heterocycles. The Labute approximate surface area is 117 Å². The normalized spacial score (nSPS) is 12.6. The maximum Gasteiger partial charge on any atom is 0.106 e. The van der Waals surface area contributed by atoms with E-state index in [-0.39, 0.29) is 0 Å². The highest BCUT2D eigenvalue weighted by Crippen LogP contribution is 2.29. The summed E-state index contributed by atoms with van der Waals surface area (Å²) in [5.41, 5.74) is 5.48. The van der Waals surface area contributed by atoms with Gasteiger partial charge in [0.2, 0.25) is 0 Å². The van der Waals surface area contributed by atoms with E-state index in [1.807, 2.05) is 44.2 Å². The average Bonchev–Trinajstić information content (AvgIpc) is 2.48. The highest BCUT2D eigenvalue weighted by Gasteiger charge is 2.16. The first-order valence-electron chi connectivity index (χ1n) is 6.61. The molecule has 0 spiro atoms. The molecule has 3 aromatic rings. The van der Waals surface area contributed by atoms with E-state index in [1.165, 1.54) is 0 Å². The van der Waals surface area contributed by atoms with Gasteiger partial charge in [0.1, 0.15) is 6.10 Å². The number of benzene rings is 2. The van der Waals surface area contributed by atoms with Crippen LogP contribution in [0, 0.1) is 13.8 Å². The summed E-state index contributed by atoms with van der Waals surface area (Å²) in [6.07, 6.45) is 2.63. The number of hydrogen-bond donors (Lipinski definition) is 1. The van der Waals surface area contributed by atoms with Crippen LogP contribution in [-0.4, -0.2) is 15.1 Å². The highest BCUT2D eigenvalue weighted by atomic mass is 16.3. The molecule has 1 aromatic heterocycles. The van der Waals surface area contributed by atoms with Crippen LogP contribution in [0.1, 0.15) is 28.4 Å². The third-order valence-corrected chi connectivity index (χ3v) is 3.55. The predicted molar refractivity (Wildman–Crippen MR) is 79.5 cm³/mol. The van der Waals surface area contributed by atoms with Crippen molar-refractivity contribution in [3.05, 3.63) is 71.0 Å². The summed E-state index contributed by atoms with van der Waals surface area (Å²) in [5, 5.41) is 10.7. The SMILES string of the molecule is Cc1ccc(C)c(C(O)c2cccc3nccnc23)c1. The molecule has 1 N–H and O–H groups in total. The predicted octanol–water partition coefficient (Wildman–Crippen LogP) is 3.33. The van der Waals surface area contributed by atoms with Crippen molar-refractivity contribution in [1.29, 1.82) is 0 Å². The molecule has 3 rings (SSSR count). The fourth-order valence-electron chi connectivity index (χ4n) is 2.46. The van der Waals surface area contributed by atoms with Crippen LogP contribution in [0.15, 0.2) is 48.8 Å². The van der Waals surface area contributed by atoms with Crippen molar-refractivity contribution in [2.24, 2.45) is 0 Å². The van der Waals surface area contributed by atoms with E-state index < -0.39 is 6.10 Å². The van der Waals surface area contributed by atoms with Gasteiger partial charge in [-0.05, 0) is 31.0 Å². The lowest BCUT2D eigenvalue weighted by Crippen LogP contribution is -2.04. The van der Waals surface area contributed by atoms with Gasteiger partial charge in [0.25, 0.3) is 0 Å². The molecule has 0 fully saturated rings. The number of fused-ring (bicyclic) bond motifs is 1. The summed E-state index contributed by atoms with van der Waals surface area (Å²) in [5.74, 6) is 0. The van der Waals surface area contributed by atoms with Crippen LogP contribution in [0.5, 0.6) is 0 Å². The van der Waals surface area contributed by atoms with Crippen molar-refractivity contribution in [1.82, 2.24) is 9.97 Å². The van der Waals surface area contributed by atoms with E-state index in [0.29, 0.717) is 0 Å². The van der Waals surface area contributed by atoms with Crippen LogP contribution in [0.2, 0.25) is 0 Å². The lowest BCUT2D eigenvalue weighted by Gasteiger charge is -2.16. The molecule has 0 saturated heterocycles. The van der Waals surface area contributed by atoms with Crippen LogP contribution in [-0.2, 0) is 0 Å². The van der Waals surface area contributed by atoms with Crippen LogP contribution in [0.4, 0.5) is 0 Å². The second kappa shape index (κ2) is 5.02. The third kappa shape index (κ3) is 2.17. The molecule has 1 unspecified atom stereocenters. The van der Waals surface area contributed by atoms with E-state index in [9.17, 15) is 5.11 Å². The summed E-state index contributed by atoms with van der Waals surface area (Å²) in [4.78, 5) is 8.64. The second-order valence-corrected chi connectivity index (χ2v) is 5.03. The first kappa shape index (κ1) is 12.8. The van der Waals surface area contributed by atoms with Crippen molar-refractivity contribution < 1.29 is 5.11 Å². The molecule has 2 aromatic carbocycles. The Kier molecular flexibility index (Phi) is 3.20. The fraction of sp³-hybridized carbons (Fsp3) is 0.176. The number of aromatic nitrogens is 2. The zero-order chi connectivity index (χ0) is 14.1. The van der Waals surface area contributed by atoms with E-state index in [4.69, 9.17) is 0 Å². The first-order valence-corrected chi connectivity index (χ1v) is 6.61. The average molecular weight is 264 g/mol. The molecule has 20 heavy (non-hydrogen) atoms. The van der Waals surface area contributed by atoms with Gasteiger partial charge in [0.15, 0.2) is 0 Å². The summed E-state index contributed by atoms with van der Waals surface area (Å²) in [6, 6.07) is 11.8. The maximum atomic E-state index is 10.7. The van der Waals surface area contributed by atoms with Crippen LogP contribution < -0.4 is 0 Å². The second-order valence-electron chi connectivity index (χ2n) is 5.03. The van der Waals surface area contributed by atoms with E-state index >= 15 is 0 Å². The number of aliphatic hydroxyl groups is 1. The minimum atomic E-state index is -0.685. The molecule has 0 aliphatic rings. The molecule has 0 aliphatic carbocycles. The number of para-hydroxylation sites is 1. The molecule has 3 heteroatoms. The Morgan fingerprint density at radius 2 is 1.75 bits per heavy atom. The van der Waals surface area contributed by atoms with Crippen molar-refractivity contribution in [2.75, 3.05) is 0 Å². The fourth-order valence-corrected chi connectivity index (χ4v) is 2.46. The van der Waals surface area contributed by atoms with Crippen molar-refractivity contribution >= 4 is 11.0 Å². The zero-order valence-electron chi connectivity index (χ0n) is 11.5. The summed E-state index contributed by atoms with van der Waals surface area (Å²) in [6.45, 7) is 4.04. The highest BCUT2D eigenvalue weighted by molar-refractivity contribution is 5.78. The molecule has 0 bridgehead atoms.